The summed E-state index contributed by atoms with van der Waals surface area (Å²) in [5.41, 5.74) is 18.3. The first kappa shape index (κ1) is 35.5. The predicted octanol–water partition coefficient (Wildman–Crippen LogP) is 16.0. The first-order valence-corrected chi connectivity index (χ1v) is 23.4. The Morgan fingerprint density at radius 3 is 1.37 bits per heavy atom. The van der Waals surface area contributed by atoms with Gasteiger partial charge in [0.25, 0.3) is 0 Å². The number of hydrogen-bond acceptors (Lipinski definition) is 3. The summed E-state index contributed by atoms with van der Waals surface area (Å²) in [4.78, 5) is 7.82. The maximum Gasteiger partial charge on any atom is 0.0736 e. The van der Waals surface area contributed by atoms with Crippen LogP contribution in [0.15, 0.2) is 244 Å². The van der Waals surface area contributed by atoms with E-state index >= 15 is 0 Å². The van der Waals surface area contributed by atoms with Crippen molar-refractivity contribution in [2.75, 3.05) is 4.90 Å². The van der Waals surface area contributed by atoms with E-state index in [0.717, 1.165) is 11.4 Å². The molecule has 3 heteroatoms. The molecule has 2 aliphatic carbocycles. The zero-order valence-corrected chi connectivity index (χ0v) is 35.8. The zero-order chi connectivity index (χ0) is 41.3. The average molecular weight is 836 g/mol. The number of anilines is 3. The van der Waals surface area contributed by atoms with Gasteiger partial charge >= 0.3 is 0 Å². The van der Waals surface area contributed by atoms with Crippen LogP contribution in [0.2, 0.25) is 0 Å². The first-order chi connectivity index (χ1) is 31.3. The van der Waals surface area contributed by atoms with Crippen LogP contribution in [0, 0.1) is 0 Å². The number of nitrogens with zero attached hydrogens (tertiary/aromatic N) is 1. The van der Waals surface area contributed by atoms with Crippen LogP contribution in [0.25, 0.3) is 33.0 Å². The van der Waals surface area contributed by atoms with Crippen LogP contribution in [0.3, 0.4) is 0 Å². The molecular weight excluding hydrogens is 799 g/mol. The maximum atomic E-state index is 2.58. The zero-order valence-electron chi connectivity index (χ0n) is 34.1. The molecule has 0 aromatic heterocycles. The monoisotopic (exact) mass is 835 g/mol. The maximum absolute atomic E-state index is 2.58. The lowest BCUT2D eigenvalue weighted by molar-refractivity contribution is 0.722. The number of rotatable bonds is 3. The quantitative estimate of drug-likeness (QED) is 0.175. The lowest BCUT2D eigenvalue weighted by Gasteiger charge is -2.40. The van der Waals surface area contributed by atoms with E-state index in [1.165, 1.54) is 103 Å². The van der Waals surface area contributed by atoms with E-state index in [1.54, 1.807) is 0 Å². The van der Waals surface area contributed by atoms with E-state index in [0.29, 0.717) is 0 Å². The van der Waals surface area contributed by atoms with Gasteiger partial charge in [-0.3, -0.25) is 0 Å². The molecule has 0 saturated heterocycles. The van der Waals surface area contributed by atoms with Crippen molar-refractivity contribution >= 4 is 51.4 Å². The van der Waals surface area contributed by atoms with Gasteiger partial charge in [0.1, 0.15) is 0 Å². The Kier molecular flexibility index (Phi) is 7.47. The van der Waals surface area contributed by atoms with Crippen molar-refractivity contribution in [1.29, 1.82) is 0 Å². The van der Waals surface area contributed by atoms with Crippen LogP contribution < -0.4 is 4.90 Å². The van der Waals surface area contributed by atoms with E-state index < -0.39 is 10.8 Å². The molecule has 63 heavy (non-hydrogen) atoms. The summed E-state index contributed by atoms with van der Waals surface area (Å²) in [6, 6.07) is 84.8. The van der Waals surface area contributed by atoms with E-state index in [1.807, 2.05) is 23.5 Å². The second kappa shape index (κ2) is 13.2. The van der Waals surface area contributed by atoms with Gasteiger partial charge in [-0.15, -0.1) is 0 Å². The fourth-order valence-corrected chi connectivity index (χ4v) is 14.2. The molecule has 294 valence electrons. The van der Waals surface area contributed by atoms with Crippen molar-refractivity contribution in [3.05, 3.63) is 269 Å². The van der Waals surface area contributed by atoms with Gasteiger partial charge in [-0.25, -0.2) is 0 Å². The Labute approximate surface area is 375 Å². The SMILES string of the molecule is c1ccc2c(c1)Sc1ccccc1C21c2ccccc2-c2ccc(N(c3cccc4c3-c3ccccc3C43c4ccccc4Sc4ccccc43)c3cccc4ccccc34)cc21. The molecule has 2 heterocycles. The van der Waals surface area contributed by atoms with Crippen molar-refractivity contribution in [1.82, 2.24) is 0 Å². The summed E-state index contributed by atoms with van der Waals surface area (Å²) in [7, 11) is 0. The van der Waals surface area contributed by atoms with Gasteiger partial charge < -0.3 is 4.90 Å². The summed E-state index contributed by atoms with van der Waals surface area (Å²) >= 11 is 3.79. The first-order valence-electron chi connectivity index (χ1n) is 21.8. The van der Waals surface area contributed by atoms with Crippen molar-refractivity contribution in [3.8, 4) is 22.3 Å². The summed E-state index contributed by atoms with van der Waals surface area (Å²) in [6.45, 7) is 0. The van der Waals surface area contributed by atoms with Gasteiger partial charge in [0.05, 0.1) is 22.2 Å². The van der Waals surface area contributed by atoms with Crippen LogP contribution >= 0.6 is 23.5 Å². The fraction of sp³-hybridized carbons (Fsp3) is 0.0333. The average Bonchev–Trinajstić information content (AvgIpc) is 3.80. The molecule has 0 unspecified atom stereocenters. The smallest absolute Gasteiger partial charge is 0.0736 e. The molecule has 2 aliphatic heterocycles. The van der Waals surface area contributed by atoms with E-state index in [-0.39, 0.29) is 0 Å². The van der Waals surface area contributed by atoms with E-state index in [9.17, 15) is 0 Å². The highest BCUT2D eigenvalue weighted by atomic mass is 32.2. The molecule has 0 radical (unpaired) electrons. The minimum absolute atomic E-state index is 0.485. The van der Waals surface area contributed by atoms with Crippen LogP contribution in [-0.4, -0.2) is 0 Å². The highest BCUT2D eigenvalue weighted by Crippen LogP contribution is 2.66. The number of benzene rings is 10. The van der Waals surface area contributed by atoms with Crippen LogP contribution in [0.1, 0.15) is 44.5 Å². The fourth-order valence-electron chi connectivity index (χ4n) is 11.9. The Bertz CT molecular complexity index is 3470. The lowest BCUT2D eigenvalue weighted by atomic mass is 9.67. The molecule has 10 aromatic rings. The highest BCUT2D eigenvalue weighted by Gasteiger charge is 2.52. The minimum atomic E-state index is -0.493. The summed E-state index contributed by atoms with van der Waals surface area (Å²) in [5, 5.41) is 2.43. The Balaban J connectivity index is 1.10. The number of hydrogen-bond donors (Lipinski definition) is 0. The van der Waals surface area contributed by atoms with Gasteiger partial charge in [0.15, 0.2) is 0 Å². The predicted molar refractivity (Wildman–Crippen MR) is 261 cm³/mol. The molecule has 14 rings (SSSR count). The summed E-state index contributed by atoms with van der Waals surface area (Å²) in [6.07, 6.45) is 0. The molecule has 0 fully saturated rings. The van der Waals surface area contributed by atoms with Crippen molar-refractivity contribution in [2.24, 2.45) is 0 Å². The molecule has 0 N–H and O–H groups in total. The van der Waals surface area contributed by atoms with Crippen LogP contribution in [0.5, 0.6) is 0 Å². The Morgan fingerprint density at radius 1 is 0.302 bits per heavy atom. The molecule has 1 nitrogen and oxygen atoms in total. The molecule has 10 aromatic carbocycles. The largest absolute Gasteiger partial charge is 0.309 e. The molecule has 0 saturated carbocycles. The van der Waals surface area contributed by atoms with E-state index in [2.05, 4.69) is 229 Å². The third-order valence-corrected chi connectivity index (χ3v) is 16.5. The van der Waals surface area contributed by atoms with Gasteiger partial charge in [-0.05, 0) is 115 Å². The molecule has 0 bridgehead atoms. The minimum Gasteiger partial charge on any atom is -0.309 e. The van der Waals surface area contributed by atoms with Gasteiger partial charge in [0.2, 0.25) is 0 Å². The van der Waals surface area contributed by atoms with E-state index in [4.69, 9.17) is 0 Å². The van der Waals surface area contributed by atoms with Crippen LogP contribution in [0.4, 0.5) is 17.1 Å². The highest BCUT2D eigenvalue weighted by molar-refractivity contribution is 7.99. The number of fused-ring (bicyclic) bond motifs is 19. The molecule has 0 amide bonds. The normalized spacial score (nSPS) is 14.8. The molecule has 0 atom stereocenters. The lowest BCUT2D eigenvalue weighted by Crippen LogP contribution is -2.32. The van der Waals surface area contributed by atoms with Crippen molar-refractivity contribution in [2.45, 2.75) is 30.4 Å². The third-order valence-electron chi connectivity index (χ3n) is 14.2. The van der Waals surface area contributed by atoms with Gasteiger partial charge in [-0.1, -0.05) is 199 Å². The summed E-state index contributed by atoms with van der Waals surface area (Å²) in [5.74, 6) is 0. The second-order valence-electron chi connectivity index (χ2n) is 17.0. The second-order valence-corrected chi connectivity index (χ2v) is 19.2. The van der Waals surface area contributed by atoms with Crippen LogP contribution in [-0.2, 0) is 10.8 Å². The molecule has 2 spiro atoms. The van der Waals surface area contributed by atoms with Gasteiger partial charge in [0, 0.05) is 36.2 Å². The molecule has 4 aliphatic rings. The van der Waals surface area contributed by atoms with Gasteiger partial charge in [-0.2, -0.15) is 0 Å². The Hall–Kier alpha value is -7.04. The molecular formula is C60H37NS2. The third kappa shape index (κ3) is 4.61. The van der Waals surface area contributed by atoms with Crippen molar-refractivity contribution in [3.63, 3.8) is 0 Å². The summed E-state index contributed by atoms with van der Waals surface area (Å²) < 4.78 is 0. The standard InChI is InChI=1S/C60H37NS2/c1-2-19-40-38(17-1)18-15-29-52(40)61(39-35-36-42-41-20-3-5-22-44(41)60(51(42)37-39)48-26-9-13-33-56(48)63-57-34-14-10-27-49(57)60)53-30-16-28-50-58(53)43-21-4-6-23-45(43)59(50)46-24-7-11-31-54(46)62-55-32-12-8-25-47(55)59/h1-37H. The Morgan fingerprint density at radius 2 is 0.730 bits per heavy atom. The van der Waals surface area contributed by atoms with Crippen molar-refractivity contribution < 1.29 is 0 Å². The topological polar surface area (TPSA) is 3.24 Å².